The number of carbonyl (C=O) groups excluding carboxylic acids is 2. The molecule has 0 saturated carbocycles. The van der Waals surface area contributed by atoms with E-state index in [1.807, 2.05) is 35.2 Å². The molecule has 2 aromatic carbocycles. The molecular weight excluding hydrogens is 316 g/mol. The second kappa shape index (κ2) is 7.94. The monoisotopic (exact) mass is 338 g/mol. The highest BCUT2D eigenvalue weighted by atomic mass is 16.3. The van der Waals surface area contributed by atoms with Crippen molar-refractivity contribution in [3.8, 4) is 0 Å². The van der Waals surface area contributed by atoms with Crippen molar-refractivity contribution in [2.24, 2.45) is 0 Å². The molecule has 0 radical (unpaired) electrons. The third-order valence-electron chi connectivity index (χ3n) is 4.42. The first kappa shape index (κ1) is 17.2. The van der Waals surface area contributed by atoms with E-state index in [1.54, 1.807) is 24.3 Å². The summed E-state index contributed by atoms with van der Waals surface area (Å²) in [7, 11) is 0. The predicted molar refractivity (Wildman–Crippen MR) is 96.1 cm³/mol. The predicted octanol–water partition coefficient (Wildman–Crippen LogP) is 2.21. The molecule has 5 heteroatoms. The van der Waals surface area contributed by atoms with E-state index >= 15 is 0 Å². The number of rotatable bonds is 6. The second-order valence-corrected chi connectivity index (χ2v) is 6.13. The summed E-state index contributed by atoms with van der Waals surface area (Å²) in [6.07, 6.45) is 0.630. The van der Waals surface area contributed by atoms with Crippen molar-refractivity contribution in [2.45, 2.75) is 25.4 Å². The van der Waals surface area contributed by atoms with E-state index in [0.29, 0.717) is 24.9 Å². The van der Waals surface area contributed by atoms with Gasteiger partial charge in [-0.3, -0.25) is 9.59 Å². The van der Waals surface area contributed by atoms with E-state index in [4.69, 9.17) is 0 Å². The number of aliphatic hydroxyl groups excluding tert-OH is 1. The maximum Gasteiger partial charge on any atom is 0.253 e. The molecule has 2 aromatic rings. The van der Waals surface area contributed by atoms with Crippen LogP contribution in [0.1, 0.15) is 30.1 Å². The molecule has 0 spiro atoms. The summed E-state index contributed by atoms with van der Waals surface area (Å²) in [6, 6.07) is 16.7. The van der Waals surface area contributed by atoms with E-state index in [9.17, 15) is 14.7 Å². The second-order valence-electron chi connectivity index (χ2n) is 6.13. The summed E-state index contributed by atoms with van der Waals surface area (Å²) in [4.78, 5) is 26.1. The van der Waals surface area contributed by atoms with Gasteiger partial charge in [0.2, 0.25) is 5.91 Å². The number of para-hydroxylation sites is 1. The van der Waals surface area contributed by atoms with Crippen LogP contribution in [0.5, 0.6) is 0 Å². The molecule has 5 nitrogen and oxygen atoms in total. The fourth-order valence-corrected chi connectivity index (χ4v) is 3.07. The fraction of sp³-hybridized carbons (Fsp3) is 0.300. The van der Waals surface area contributed by atoms with Crippen molar-refractivity contribution < 1.29 is 14.7 Å². The van der Waals surface area contributed by atoms with Crippen LogP contribution < -0.4 is 10.2 Å². The molecule has 1 aliphatic rings. The van der Waals surface area contributed by atoms with Crippen LogP contribution in [0.2, 0.25) is 0 Å². The number of anilines is 1. The molecule has 1 unspecified atom stereocenters. The standard InChI is InChI=1S/C20H22N2O3/c23-18(22-14-12-15-7-4-5-10-17(15)22)11-6-13-21-20(25)19(24)16-8-2-1-3-9-16/h1-5,7-10,19,24H,6,11-14H2,(H,21,25). The van der Waals surface area contributed by atoms with Crippen molar-refractivity contribution in [1.82, 2.24) is 5.32 Å². The average molecular weight is 338 g/mol. The Morgan fingerprint density at radius 1 is 1.08 bits per heavy atom. The molecule has 1 aliphatic heterocycles. The van der Waals surface area contributed by atoms with E-state index in [0.717, 1.165) is 18.7 Å². The zero-order chi connectivity index (χ0) is 17.6. The number of amides is 2. The molecule has 0 aromatic heterocycles. The summed E-state index contributed by atoms with van der Waals surface area (Å²) in [6.45, 7) is 1.08. The van der Waals surface area contributed by atoms with Gasteiger partial charge in [0.15, 0.2) is 6.10 Å². The lowest BCUT2D eigenvalue weighted by molar-refractivity contribution is -0.129. The Kier molecular flexibility index (Phi) is 5.46. The van der Waals surface area contributed by atoms with Crippen LogP contribution in [-0.2, 0) is 16.0 Å². The van der Waals surface area contributed by atoms with Gasteiger partial charge in [-0.05, 0) is 30.0 Å². The minimum Gasteiger partial charge on any atom is -0.378 e. The number of hydrogen-bond donors (Lipinski definition) is 2. The van der Waals surface area contributed by atoms with Crippen molar-refractivity contribution in [1.29, 1.82) is 0 Å². The minimum absolute atomic E-state index is 0.0720. The van der Waals surface area contributed by atoms with Gasteiger partial charge in [-0.15, -0.1) is 0 Å². The van der Waals surface area contributed by atoms with Crippen LogP contribution in [0.15, 0.2) is 54.6 Å². The molecule has 3 rings (SSSR count). The Bertz CT molecular complexity index is 746. The largest absolute Gasteiger partial charge is 0.378 e. The van der Waals surface area contributed by atoms with Gasteiger partial charge in [0, 0.05) is 25.2 Å². The topological polar surface area (TPSA) is 69.6 Å². The lowest BCUT2D eigenvalue weighted by Crippen LogP contribution is -2.32. The van der Waals surface area contributed by atoms with Crippen LogP contribution in [0.25, 0.3) is 0 Å². The van der Waals surface area contributed by atoms with E-state index in [1.165, 1.54) is 5.56 Å². The number of benzene rings is 2. The molecule has 1 atom stereocenters. The maximum atomic E-state index is 12.4. The van der Waals surface area contributed by atoms with Gasteiger partial charge < -0.3 is 15.3 Å². The molecule has 0 aliphatic carbocycles. The molecule has 1 heterocycles. The number of hydrogen-bond acceptors (Lipinski definition) is 3. The van der Waals surface area contributed by atoms with Gasteiger partial charge >= 0.3 is 0 Å². The Balaban J connectivity index is 1.43. The Morgan fingerprint density at radius 3 is 2.60 bits per heavy atom. The van der Waals surface area contributed by atoms with E-state index < -0.39 is 12.0 Å². The Labute approximate surface area is 147 Å². The Hall–Kier alpha value is -2.66. The summed E-state index contributed by atoms with van der Waals surface area (Å²) in [5, 5.41) is 12.7. The van der Waals surface area contributed by atoms with Gasteiger partial charge in [-0.1, -0.05) is 48.5 Å². The first-order chi connectivity index (χ1) is 12.2. The molecule has 0 bridgehead atoms. The fourth-order valence-electron chi connectivity index (χ4n) is 3.07. The molecular formula is C20H22N2O3. The first-order valence-corrected chi connectivity index (χ1v) is 8.56. The number of aliphatic hydroxyl groups is 1. The van der Waals surface area contributed by atoms with Crippen molar-refractivity contribution in [3.63, 3.8) is 0 Å². The SMILES string of the molecule is O=C(NCCCC(=O)N1CCc2ccccc21)C(O)c1ccccc1. The average Bonchev–Trinajstić information content (AvgIpc) is 3.09. The molecule has 0 saturated heterocycles. The highest BCUT2D eigenvalue weighted by molar-refractivity contribution is 5.95. The number of carbonyl (C=O) groups is 2. The normalized spacial score (nSPS) is 14.0. The van der Waals surface area contributed by atoms with Crippen LogP contribution in [0, 0.1) is 0 Å². The van der Waals surface area contributed by atoms with E-state index in [2.05, 4.69) is 5.32 Å². The van der Waals surface area contributed by atoms with Crippen LogP contribution in [0.3, 0.4) is 0 Å². The van der Waals surface area contributed by atoms with Gasteiger partial charge in [-0.2, -0.15) is 0 Å². The molecule has 2 amide bonds. The quantitative estimate of drug-likeness (QED) is 0.794. The molecule has 25 heavy (non-hydrogen) atoms. The Morgan fingerprint density at radius 2 is 1.80 bits per heavy atom. The first-order valence-electron chi connectivity index (χ1n) is 8.56. The number of nitrogens with one attached hydrogen (secondary N) is 1. The van der Waals surface area contributed by atoms with Crippen LogP contribution in [-0.4, -0.2) is 30.0 Å². The highest BCUT2D eigenvalue weighted by Gasteiger charge is 2.23. The third kappa shape index (κ3) is 4.06. The summed E-state index contributed by atoms with van der Waals surface area (Å²) >= 11 is 0. The molecule has 130 valence electrons. The maximum absolute atomic E-state index is 12.4. The van der Waals surface area contributed by atoms with Gasteiger partial charge in [0.1, 0.15) is 0 Å². The molecule has 0 fully saturated rings. The zero-order valence-electron chi connectivity index (χ0n) is 14.0. The number of fused-ring (bicyclic) bond motifs is 1. The van der Waals surface area contributed by atoms with E-state index in [-0.39, 0.29) is 5.91 Å². The smallest absolute Gasteiger partial charge is 0.253 e. The van der Waals surface area contributed by atoms with Crippen LogP contribution >= 0.6 is 0 Å². The lowest BCUT2D eigenvalue weighted by Gasteiger charge is -2.17. The minimum atomic E-state index is -1.18. The van der Waals surface area contributed by atoms with Gasteiger partial charge in [0.05, 0.1) is 0 Å². The summed E-state index contributed by atoms with van der Waals surface area (Å²) in [5.74, 6) is -0.368. The van der Waals surface area contributed by atoms with Gasteiger partial charge in [0.25, 0.3) is 5.91 Å². The lowest BCUT2D eigenvalue weighted by atomic mass is 10.1. The van der Waals surface area contributed by atoms with Gasteiger partial charge in [-0.25, -0.2) is 0 Å². The summed E-state index contributed by atoms with van der Waals surface area (Å²) < 4.78 is 0. The van der Waals surface area contributed by atoms with Crippen molar-refractivity contribution in [2.75, 3.05) is 18.0 Å². The summed E-state index contributed by atoms with van der Waals surface area (Å²) in [5.41, 5.74) is 2.76. The van der Waals surface area contributed by atoms with Crippen molar-refractivity contribution >= 4 is 17.5 Å². The highest BCUT2D eigenvalue weighted by Crippen LogP contribution is 2.27. The third-order valence-corrected chi connectivity index (χ3v) is 4.42. The van der Waals surface area contributed by atoms with Crippen molar-refractivity contribution in [3.05, 3.63) is 65.7 Å². The number of nitrogens with zero attached hydrogens (tertiary/aromatic N) is 1. The zero-order valence-corrected chi connectivity index (χ0v) is 14.0. The van der Waals surface area contributed by atoms with Crippen LogP contribution in [0.4, 0.5) is 5.69 Å². The molecule has 2 N–H and O–H groups in total.